The molecule has 2 aromatic heterocycles. The molecule has 0 atom stereocenters. The molecule has 0 spiro atoms. The van der Waals surface area contributed by atoms with Crippen molar-refractivity contribution in [2.45, 2.75) is 0 Å². The van der Waals surface area contributed by atoms with Crippen LogP contribution in [0, 0.1) is 0 Å². The van der Waals surface area contributed by atoms with Crippen LogP contribution in [-0.2, 0) is 19.5 Å². The van der Waals surface area contributed by atoms with Crippen molar-refractivity contribution in [1.82, 2.24) is 0 Å². The molecule has 0 amide bonds. The Morgan fingerprint density at radius 1 is 0.426 bits per heavy atom. The second-order valence-electron chi connectivity index (χ2n) is 9.30. The van der Waals surface area contributed by atoms with Crippen LogP contribution in [0.2, 0.25) is 0 Å². The van der Waals surface area contributed by atoms with Crippen molar-refractivity contribution >= 4 is 21.9 Å². The number of rotatable bonds is 2. The number of hydrogen-bond acceptors (Lipinski definition) is 14. The molecular weight excluding hydrogens is 682 g/mol. The first kappa shape index (κ1) is 37.0. The molecule has 4 aromatic carbocycles. The fraction of sp³-hybridized carbons (Fsp3) is 0. The van der Waals surface area contributed by atoms with E-state index in [-0.39, 0.29) is 98.0 Å². The van der Waals surface area contributed by atoms with Crippen LogP contribution in [0.1, 0.15) is 0 Å². The summed E-state index contributed by atoms with van der Waals surface area (Å²) in [5.41, 5.74) is -1.78. The maximum atomic E-state index is 12.1. The van der Waals surface area contributed by atoms with Gasteiger partial charge in [0.15, 0.2) is 34.5 Å². The van der Waals surface area contributed by atoms with Crippen LogP contribution in [0.5, 0.6) is 57.5 Å². The molecule has 0 saturated heterocycles. The number of aromatic hydroxyl groups is 10. The molecular formula is C30H24O16Zn+2. The van der Waals surface area contributed by atoms with Crippen LogP contribution in [0.3, 0.4) is 0 Å². The summed E-state index contributed by atoms with van der Waals surface area (Å²) >= 11 is 0. The van der Waals surface area contributed by atoms with Crippen LogP contribution < -0.4 is 10.9 Å². The predicted octanol–water partition coefficient (Wildman–Crippen LogP) is 2.32. The van der Waals surface area contributed by atoms with Gasteiger partial charge in [-0.1, -0.05) is 0 Å². The van der Waals surface area contributed by atoms with Gasteiger partial charge in [-0.05, 0) is 36.4 Å². The minimum atomic E-state index is -0.888. The molecule has 0 aliphatic heterocycles. The minimum absolute atomic E-state index is 0. The molecule has 240 valence electrons. The maximum Gasteiger partial charge on any atom is 2.00 e. The molecule has 0 radical (unpaired) electrons. The normalized spacial score (nSPS) is 10.2. The van der Waals surface area contributed by atoms with Gasteiger partial charge in [-0.25, -0.2) is 0 Å². The summed E-state index contributed by atoms with van der Waals surface area (Å²) in [5, 5.41) is 95.3. The van der Waals surface area contributed by atoms with E-state index in [9.17, 15) is 60.7 Å². The predicted molar refractivity (Wildman–Crippen MR) is 160 cm³/mol. The SMILES string of the molecule is O.O.O=c1c(O)c(-c2ccc(O)c(O)c2)oc2cc(O)cc(O)c12.O=c1c(O)c(-c2ccc(O)c(O)c2)oc2cc(O)cc(O)c12.[Zn+2]. The van der Waals surface area contributed by atoms with Gasteiger partial charge in [0.2, 0.25) is 22.4 Å². The van der Waals surface area contributed by atoms with Crippen molar-refractivity contribution in [3.05, 3.63) is 81.1 Å². The molecule has 0 aliphatic carbocycles. The second-order valence-corrected chi connectivity index (χ2v) is 9.30. The number of phenolic OH excluding ortho intramolecular Hbond substituents is 8. The Bertz CT molecular complexity index is 2080. The van der Waals surface area contributed by atoms with Crippen LogP contribution in [-0.4, -0.2) is 62.0 Å². The number of phenols is 8. The fourth-order valence-electron chi connectivity index (χ4n) is 4.27. The van der Waals surface area contributed by atoms with Crippen molar-refractivity contribution in [1.29, 1.82) is 0 Å². The first-order chi connectivity index (χ1) is 20.8. The molecule has 16 nitrogen and oxygen atoms in total. The van der Waals surface area contributed by atoms with Gasteiger partial charge in [0, 0.05) is 35.4 Å². The van der Waals surface area contributed by atoms with Crippen molar-refractivity contribution in [2.24, 2.45) is 0 Å². The zero-order valence-corrected chi connectivity index (χ0v) is 26.6. The Balaban J connectivity index is 0.000000307. The van der Waals surface area contributed by atoms with Crippen LogP contribution in [0.4, 0.5) is 0 Å². The van der Waals surface area contributed by atoms with Crippen LogP contribution >= 0.6 is 0 Å². The van der Waals surface area contributed by atoms with E-state index in [2.05, 4.69) is 0 Å². The summed E-state index contributed by atoms with van der Waals surface area (Å²) in [6.45, 7) is 0. The van der Waals surface area contributed by atoms with Gasteiger partial charge < -0.3 is 70.9 Å². The molecule has 0 saturated carbocycles. The van der Waals surface area contributed by atoms with Gasteiger partial charge in [0.05, 0.1) is 0 Å². The van der Waals surface area contributed by atoms with E-state index in [1.165, 1.54) is 12.1 Å². The molecule has 6 aromatic rings. The Hall–Kier alpha value is -6.16. The molecule has 6 rings (SSSR count). The van der Waals surface area contributed by atoms with Crippen molar-refractivity contribution in [3.63, 3.8) is 0 Å². The molecule has 0 bridgehead atoms. The molecule has 17 heteroatoms. The third kappa shape index (κ3) is 6.76. The topological polar surface area (TPSA) is 326 Å². The zero-order chi connectivity index (χ0) is 32.0. The molecule has 2 heterocycles. The summed E-state index contributed by atoms with van der Waals surface area (Å²) in [5.74, 6) is -5.43. The van der Waals surface area contributed by atoms with E-state index in [1.807, 2.05) is 0 Å². The first-order valence-electron chi connectivity index (χ1n) is 12.2. The first-order valence-corrected chi connectivity index (χ1v) is 12.2. The van der Waals surface area contributed by atoms with Crippen molar-refractivity contribution in [3.8, 4) is 80.1 Å². The van der Waals surface area contributed by atoms with Gasteiger partial charge in [0.1, 0.15) is 44.9 Å². The maximum absolute atomic E-state index is 12.1. The Morgan fingerprint density at radius 3 is 1.09 bits per heavy atom. The molecule has 47 heavy (non-hydrogen) atoms. The van der Waals surface area contributed by atoms with E-state index in [0.717, 1.165) is 48.5 Å². The van der Waals surface area contributed by atoms with Gasteiger partial charge in [-0.2, -0.15) is 0 Å². The monoisotopic (exact) mass is 704 g/mol. The van der Waals surface area contributed by atoms with E-state index in [4.69, 9.17) is 8.83 Å². The third-order valence-corrected chi connectivity index (χ3v) is 6.35. The summed E-state index contributed by atoms with van der Waals surface area (Å²) in [6.07, 6.45) is 0. The largest absolute Gasteiger partial charge is 2.00 e. The quantitative estimate of drug-likeness (QED) is 0.0913. The molecule has 0 aliphatic rings. The van der Waals surface area contributed by atoms with Gasteiger partial charge in [0.25, 0.3) is 0 Å². The van der Waals surface area contributed by atoms with Crippen molar-refractivity contribution in [2.75, 3.05) is 0 Å². The standard InChI is InChI=1S/2C15H10O7.2H2O.Zn/c2*16-7-4-10(19)12-11(5-7)22-15(14(21)13(12)20)6-1-2-8(17)9(18)3-6;;;/h2*1-5,16-19,21H;2*1H2;/q;;;;+2. The smallest absolute Gasteiger partial charge is 0.508 e. The van der Waals surface area contributed by atoms with Gasteiger partial charge in [-0.3, -0.25) is 9.59 Å². The summed E-state index contributed by atoms with van der Waals surface area (Å²) in [6, 6.07) is 11.3. The zero-order valence-electron chi connectivity index (χ0n) is 23.6. The number of benzene rings is 4. The molecule has 0 unspecified atom stereocenters. The fourth-order valence-corrected chi connectivity index (χ4v) is 4.27. The third-order valence-electron chi connectivity index (χ3n) is 6.35. The van der Waals surface area contributed by atoms with E-state index in [0.29, 0.717) is 0 Å². The Labute approximate surface area is 273 Å². The second kappa shape index (κ2) is 13.9. The average molecular weight is 706 g/mol. The summed E-state index contributed by atoms with van der Waals surface area (Å²) in [4.78, 5) is 24.3. The minimum Gasteiger partial charge on any atom is -0.508 e. The van der Waals surface area contributed by atoms with Crippen LogP contribution in [0.25, 0.3) is 44.6 Å². The number of hydrogen-bond donors (Lipinski definition) is 10. The van der Waals surface area contributed by atoms with Gasteiger partial charge >= 0.3 is 19.5 Å². The van der Waals surface area contributed by atoms with E-state index >= 15 is 0 Å². The van der Waals surface area contributed by atoms with Crippen molar-refractivity contribution < 1.29 is 90.3 Å². The Morgan fingerprint density at radius 2 is 0.766 bits per heavy atom. The Kier molecular flexibility index (Phi) is 10.9. The average Bonchev–Trinajstić information content (AvgIpc) is 2.95. The summed E-state index contributed by atoms with van der Waals surface area (Å²) < 4.78 is 10.7. The van der Waals surface area contributed by atoms with Gasteiger partial charge in [-0.15, -0.1) is 0 Å². The van der Waals surface area contributed by atoms with E-state index in [1.54, 1.807) is 0 Å². The van der Waals surface area contributed by atoms with Crippen LogP contribution in [0.15, 0.2) is 79.1 Å². The number of fused-ring (bicyclic) bond motifs is 2. The van der Waals surface area contributed by atoms with E-state index < -0.39 is 45.4 Å². The summed E-state index contributed by atoms with van der Waals surface area (Å²) in [7, 11) is 0. The molecule has 14 N–H and O–H groups in total. The molecule has 0 fully saturated rings.